The normalized spacial score (nSPS) is 16.6. The number of nitrogens with one attached hydrogen (secondary N) is 2. The van der Waals surface area contributed by atoms with E-state index in [0.29, 0.717) is 5.56 Å². The minimum Gasteiger partial charge on any atom is -0.369 e. The number of para-hydroxylation sites is 1. The maximum atomic E-state index is 12.4. The second kappa shape index (κ2) is 7.81. The quantitative estimate of drug-likeness (QED) is 0.632. The number of amides is 1. The van der Waals surface area contributed by atoms with Gasteiger partial charge < -0.3 is 20.6 Å². The van der Waals surface area contributed by atoms with Crippen LogP contribution in [0.2, 0.25) is 0 Å². The van der Waals surface area contributed by atoms with Crippen LogP contribution in [0.25, 0.3) is 11.3 Å². The number of aliphatic hydroxyl groups excluding tert-OH is 1. The van der Waals surface area contributed by atoms with Gasteiger partial charge in [0.2, 0.25) is 0 Å². The first-order valence-electron chi connectivity index (χ1n) is 9.47. The van der Waals surface area contributed by atoms with Crippen LogP contribution in [0.5, 0.6) is 0 Å². The zero-order chi connectivity index (χ0) is 20.4. The third kappa shape index (κ3) is 3.73. The number of hydrogen-bond acceptors (Lipinski definition) is 4. The van der Waals surface area contributed by atoms with Gasteiger partial charge in [0.25, 0.3) is 5.91 Å². The fourth-order valence-corrected chi connectivity index (χ4v) is 3.51. The summed E-state index contributed by atoms with van der Waals surface area (Å²) in [7, 11) is 3.47. The Bertz CT molecular complexity index is 1070. The molecule has 4 rings (SSSR count). The van der Waals surface area contributed by atoms with Crippen LogP contribution in [0.15, 0.2) is 78.9 Å². The minimum atomic E-state index is -0.832. The first-order chi connectivity index (χ1) is 14.0. The largest absolute Gasteiger partial charge is 0.369 e. The van der Waals surface area contributed by atoms with Crippen molar-refractivity contribution in [3.63, 3.8) is 0 Å². The van der Waals surface area contributed by atoms with Crippen LogP contribution in [-0.2, 0) is 0 Å². The Morgan fingerprint density at radius 3 is 2.38 bits per heavy atom. The van der Waals surface area contributed by atoms with Crippen LogP contribution in [-0.4, -0.2) is 36.2 Å². The van der Waals surface area contributed by atoms with Gasteiger partial charge in [-0.3, -0.25) is 4.79 Å². The van der Waals surface area contributed by atoms with E-state index in [0.717, 1.165) is 33.8 Å². The topological polar surface area (TPSA) is 64.6 Å². The summed E-state index contributed by atoms with van der Waals surface area (Å²) < 4.78 is 0. The van der Waals surface area contributed by atoms with Crippen molar-refractivity contribution in [2.24, 2.45) is 0 Å². The molecule has 0 radical (unpaired) electrons. The molecule has 1 unspecified atom stereocenters. The van der Waals surface area contributed by atoms with Crippen molar-refractivity contribution in [1.82, 2.24) is 4.90 Å². The molecule has 3 aromatic carbocycles. The summed E-state index contributed by atoms with van der Waals surface area (Å²) in [6.45, 7) is 0. The number of carbonyl (C=O) groups is 1. The molecule has 1 amide bonds. The minimum absolute atomic E-state index is 0.0597. The Kier molecular flexibility index (Phi) is 5.06. The molecule has 0 saturated carbocycles. The van der Waals surface area contributed by atoms with Crippen LogP contribution in [0.4, 0.5) is 11.4 Å². The Labute approximate surface area is 170 Å². The second-order valence-electron chi connectivity index (χ2n) is 7.15. The van der Waals surface area contributed by atoms with E-state index in [1.807, 2.05) is 72.8 Å². The molecule has 29 heavy (non-hydrogen) atoms. The third-order valence-electron chi connectivity index (χ3n) is 4.90. The molecular formula is C24H23N3O2. The first-order valence-corrected chi connectivity index (χ1v) is 9.47. The number of fused-ring (bicyclic) bond motifs is 1. The molecule has 0 bridgehead atoms. The lowest BCUT2D eigenvalue weighted by molar-refractivity contribution is 0.0827. The number of anilines is 2. The molecule has 0 spiro atoms. The van der Waals surface area contributed by atoms with E-state index in [1.54, 1.807) is 25.1 Å². The molecule has 0 saturated heterocycles. The van der Waals surface area contributed by atoms with Gasteiger partial charge >= 0.3 is 0 Å². The second-order valence-corrected chi connectivity index (χ2v) is 7.15. The van der Waals surface area contributed by atoms with Crippen LogP contribution in [0, 0.1) is 0 Å². The average Bonchev–Trinajstić information content (AvgIpc) is 3.08. The Balaban J connectivity index is 1.83. The maximum Gasteiger partial charge on any atom is 0.253 e. The molecule has 1 aliphatic rings. The molecule has 5 nitrogen and oxygen atoms in total. The van der Waals surface area contributed by atoms with Crippen molar-refractivity contribution in [2.45, 2.75) is 6.23 Å². The predicted molar refractivity (Wildman–Crippen MR) is 117 cm³/mol. The SMILES string of the molecule is CN(C)C(=O)c1cccc(N/C(=C2/c3ccccc3NC2O)c2ccccc2)c1. The summed E-state index contributed by atoms with van der Waals surface area (Å²) in [5, 5.41) is 17.3. The van der Waals surface area contributed by atoms with E-state index in [2.05, 4.69) is 10.6 Å². The van der Waals surface area contributed by atoms with Gasteiger partial charge in [-0.2, -0.15) is 0 Å². The molecule has 3 aromatic rings. The van der Waals surface area contributed by atoms with Gasteiger partial charge in [0.1, 0.15) is 0 Å². The van der Waals surface area contributed by atoms with E-state index in [4.69, 9.17) is 0 Å². The van der Waals surface area contributed by atoms with Crippen molar-refractivity contribution in [3.05, 3.63) is 95.6 Å². The van der Waals surface area contributed by atoms with Crippen LogP contribution in [0.1, 0.15) is 21.5 Å². The predicted octanol–water partition coefficient (Wildman–Crippen LogP) is 4.11. The van der Waals surface area contributed by atoms with Crippen LogP contribution < -0.4 is 10.6 Å². The van der Waals surface area contributed by atoms with Crippen molar-refractivity contribution in [3.8, 4) is 0 Å². The van der Waals surface area contributed by atoms with Crippen molar-refractivity contribution in [1.29, 1.82) is 0 Å². The molecule has 5 heteroatoms. The van der Waals surface area contributed by atoms with Gasteiger partial charge in [-0.25, -0.2) is 0 Å². The summed E-state index contributed by atoms with van der Waals surface area (Å²) in [4.78, 5) is 13.9. The number of rotatable bonds is 4. The molecule has 0 aliphatic carbocycles. The van der Waals surface area contributed by atoms with E-state index in [1.165, 1.54) is 0 Å². The highest BCUT2D eigenvalue weighted by Gasteiger charge is 2.28. The third-order valence-corrected chi connectivity index (χ3v) is 4.90. The molecule has 0 aromatic heterocycles. The lowest BCUT2D eigenvalue weighted by atomic mass is 9.99. The van der Waals surface area contributed by atoms with Crippen molar-refractivity contribution >= 4 is 28.6 Å². The number of hydrogen-bond donors (Lipinski definition) is 3. The fourth-order valence-electron chi connectivity index (χ4n) is 3.51. The van der Waals surface area contributed by atoms with E-state index < -0.39 is 6.23 Å². The van der Waals surface area contributed by atoms with E-state index in [9.17, 15) is 9.90 Å². The molecular weight excluding hydrogens is 362 g/mol. The van der Waals surface area contributed by atoms with Crippen LogP contribution >= 0.6 is 0 Å². The van der Waals surface area contributed by atoms with Gasteiger partial charge in [-0.05, 0) is 29.8 Å². The average molecular weight is 385 g/mol. The van der Waals surface area contributed by atoms with Gasteiger partial charge in [-0.1, -0.05) is 54.6 Å². The highest BCUT2D eigenvalue weighted by molar-refractivity contribution is 6.03. The molecule has 1 heterocycles. The van der Waals surface area contributed by atoms with E-state index in [-0.39, 0.29) is 5.91 Å². The maximum absolute atomic E-state index is 12.4. The summed E-state index contributed by atoms with van der Waals surface area (Å²) >= 11 is 0. The highest BCUT2D eigenvalue weighted by atomic mass is 16.3. The smallest absolute Gasteiger partial charge is 0.253 e. The first kappa shape index (κ1) is 18.8. The fraction of sp³-hybridized carbons (Fsp3) is 0.125. The number of carbonyl (C=O) groups excluding carboxylic acids is 1. The van der Waals surface area contributed by atoms with Gasteiger partial charge in [0, 0.05) is 42.2 Å². The Morgan fingerprint density at radius 2 is 1.62 bits per heavy atom. The van der Waals surface area contributed by atoms with Gasteiger partial charge in [0.15, 0.2) is 6.23 Å². The molecule has 146 valence electrons. The number of nitrogens with zero attached hydrogens (tertiary/aromatic N) is 1. The molecule has 3 N–H and O–H groups in total. The summed E-state index contributed by atoms with van der Waals surface area (Å²) in [6.07, 6.45) is -0.832. The molecule has 1 atom stereocenters. The lowest BCUT2D eigenvalue weighted by Crippen LogP contribution is -2.21. The summed E-state index contributed by atoms with van der Waals surface area (Å²) in [6, 6.07) is 25.1. The van der Waals surface area contributed by atoms with Crippen molar-refractivity contribution in [2.75, 3.05) is 24.7 Å². The highest BCUT2D eigenvalue weighted by Crippen LogP contribution is 2.39. The monoisotopic (exact) mass is 385 g/mol. The zero-order valence-electron chi connectivity index (χ0n) is 16.4. The standard InChI is InChI=1S/C24H23N3O2/c1-27(2)24(29)17-11-8-12-18(15-17)25-22(16-9-4-3-5-10-16)21-19-13-6-7-14-20(19)26-23(21)28/h3-15,23,25-26,28H,1-2H3/b22-21-. The molecule has 0 fully saturated rings. The molecule has 1 aliphatic heterocycles. The summed E-state index contributed by atoms with van der Waals surface area (Å²) in [5.74, 6) is -0.0597. The van der Waals surface area contributed by atoms with Crippen LogP contribution in [0.3, 0.4) is 0 Å². The number of aliphatic hydroxyl groups is 1. The lowest BCUT2D eigenvalue weighted by Gasteiger charge is -2.18. The number of benzene rings is 3. The van der Waals surface area contributed by atoms with E-state index >= 15 is 0 Å². The summed E-state index contributed by atoms with van der Waals surface area (Å²) in [5.41, 5.74) is 5.74. The van der Waals surface area contributed by atoms with Gasteiger partial charge in [-0.15, -0.1) is 0 Å². The Hall–Kier alpha value is -3.57. The van der Waals surface area contributed by atoms with Crippen molar-refractivity contribution < 1.29 is 9.90 Å². The zero-order valence-corrected chi connectivity index (χ0v) is 16.4. The Morgan fingerprint density at radius 1 is 0.931 bits per heavy atom. The van der Waals surface area contributed by atoms with Gasteiger partial charge in [0.05, 0.1) is 5.70 Å².